The summed E-state index contributed by atoms with van der Waals surface area (Å²) >= 11 is 0. The van der Waals surface area contributed by atoms with Crippen molar-refractivity contribution in [1.29, 1.82) is 10.5 Å². The van der Waals surface area contributed by atoms with Crippen LogP contribution in [0.3, 0.4) is 0 Å². The molecule has 0 saturated heterocycles. The third kappa shape index (κ3) is 0.998. The minimum atomic E-state index is -0.433. The first-order chi connectivity index (χ1) is 5.74. The molecule has 0 radical (unpaired) electrons. The molecule has 0 spiro atoms. The molecule has 0 N–H and O–H groups in total. The summed E-state index contributed by atoms with van der Waals surface area (Å²) in [5.41, 5.74) is 0.474. The Hall–Kier alpha value is -1.94. The molecule has 4 nitrogen and oxygen atoms in total. The Morgan fingerprint density at radius 1 is 1.67 bits per heavy atom. The molecule has 12 heavy (non-hydrogen) atoms. The van der Waals surface area contributed by atoms with E-state index >= 15 is 0 Å². The Kier molecular flexibility index (Phi) is 2.02. The van der Waals surface area contributed by atoms with Gasteiger partial charge in [-0.3, -0.25) is 0 Å². The molecule has 1 rings (SSSR count). The molecule has 1 atom stereocenters. The highest BCUT2D eigenvalue weighted by Crippen LogP contribution is 2.19. The maximum absolute atomic E-state index is 8.73. The summed E-state index contributed by atoms with van der Waals surface area (Å²) < 4.78 is 0. The minimum absolute atomic E-state index is 0.433. The van der Waals surface area contributed by atoms with Crippen molar-refractivity contribution in [3.63, 3.8) is 0 Å². The van der Waals surface area contributed by atoms with Gasteiger partial charge < -0.3 is 9.80 Å². The fraction of sp³-hybridized carbons (Fsp3) is 0.250. The van der Waals surface area contributed by atoms with Gasteiger partial charge in [0.1, 0.15) is 17.8 Å². The van der Waals surface area contributed by atoms with E-state index in [1.165, 1.54) is 6.20 Å². The number of nitriles is 2. The molecule has 1 heterocycles. The van der Waals surface area contributed by atoms with E-state index in [2.05, 4.69) is 12.6 Å². The minimum Gasteiger partial charge on any atom is -0.332 e. The van der Waals surface area contributed by atoms with Crippen molar-refractivity contribution in [3.8, 4) is 12.1 Å². The van der Waals surface area contributed by atoms with E-state index in [0.29, 0.717) is 5.70 Å². The molecule has 0 saturated carbocycles. The van der Waals surface area contributed by atoms with Crippen LogP contribution in [0.25, 0.3) is 0 Å². The van der Waals surface area contributed by atoms with Crippen LogP contribution in [0.4, 0.5) is 0 Å². The first kappa shape index (κ1) is 8.16. The topological polar surface area (TPSA) is 54.1 Å². The van der Waals surface area contributed by atoms with Gasteiger partial charge in [-0.05, 0) is 6.20 Å². The van der Waals surface area contributed by atoms with Crippen LogP contribution in [0.5, 0.6) is 0 Å². The van der Waals surface area contributed by atoms with Crippen LogP contribution in [0, 0.1) is 22.7 Å². The summed E-state index contributed by atoms with van der Waals surface area (Å²) in [6.07, 6.45) is 2.69. The van der Waals surface area contributed by atoms with Crippen LogP contribution in [0.1, 0.15) is 0 Å². The zero-order chi connectivity index (χ0) is 9.14. The largest absolute Gasteiger partial charge is 0.332 e. The van der Waals surface area contributed by atoms with E-state index in [4.69, 9.17) is 10.5 Å². The molecule has 0 aliphatic carbocycles. The fourth-order valence-corrected chi connectivity index (χ4v) is 1.05. The van der Waals surface area contributed by atoms with E-state index in [1.54, 1.807) is 23.0 Å². The van der Waals surface area contributed by atoms with E-state index in [0.717, 1.165) is 0 Å². The first-order valence-corrected chi connectivity index (χ1v) is 3.39. The maximum Gasteiger partial charge on any atom is 0.195 e. The molecule has 1 aliphatic rings. The van der Waals surface area contributed by atoms with E-state index in [9.17, 15) is 0 Å². The lowest BCUT2D eigenvalue weighted by atomic mass is 10.4. The fourth-order valence-electron chi connectivity index (χ4n) is 1.05. The number of hydrogen-bond acceptors (Lipinski definition) is 4. The zero-order valence-corrected chi connectivity index (χ0v) is 6.73. The monoisotopic (exact) mass is 160 g/mol. The molecule has 0 fully saturated rings. The molecule has 4 heteroatoms. The van der Waals surface area contributed by atoms with Crippen molar-refractivity contribution in [2.45, 2.75) is 6.17 Å². The number of allylic oxidation sites excluding steroid dienone is 1. The van der Waals surface area contributed by atoms with Gasteiger partial charge in [0.05, 0.1) is 0 Å². The van der Waals surface area contributed by atoms with Gasteiger partial charge in [-0.15, -0.1) is 0 Å². The predicted octanol–water partition coefficient (Wildman–Crippen LogP) is 0.592. The van der Waals surface area contributed by atoms with Crippen molar-refractivity contribution in [2.24, 2.45) is 0 Å². The predicted molar refractivity (Wildman–Crippen MR) is 42.9 cm³/mol. The van der Waals surface area contributed by atoms with Crippen LogP contribution < -0.4 is 0 Å². The lowest BCUT2D eigenvalue weighted by Crippen LogP contribution is -2.32. The van der Waals surface area contributed by atoms with Crippen LogP contribution in [0.2, 0.25) is 0 Å². The van der Waals surface area contributed by atoms with Crippen LogP contribution in [-0.4, -0.2) is 23.0 Å². The van der Waals surface area contributed by atoms with Gasteiger partial charge in [-0.2, -0.15) is 10.5 Å². The summed E-state index contributed by atoms with van der Waals surface area (Å²) in [4.78, 5) is 3.19. The maximum atomic E-state index is 8.73. The average molecular weight is 160 g/mol. The Morgan fingerprint density at radius 2 is 2.33 bits per heavy atom. The Balaban J connectivity index is 2.95. The second kappa shape index (κ2) is 2.98. The Labute approximate surface area is 71.2 Å². The van der Waals surface area contributed by atoms with Gasteiger partial charge in [0, 0.05) is 13.2 Å². The number of hydrogen-bond donors (Lipinski definition) is 0. The normalized spacial score (nSPS) is 21.2. The summed E-state index contributed by atoms with van der Waals surface area (Å²) in [6, 6.07) is 4.05. The van der Waals surface area contributed by atoms with E-state index < -0.39 is 6.17 Å². The molecule has 1 unspecified atom stereocenters. The lowest BCUT2D eigenvalue weighted by Gasteiger charge is -2.20. The van der Waals surface area contributed by atoms with Gasteiger partial charge in [0.2, 0.25) is 0 Å². The highest BCUT2D eigenvalue weighted by molar-refractivity contribution is 5.27. The first-order valence-electron chi connectivity index (χ1n) is 3.39. The van der Waals surface area contributed by atoms with Crippen LogP contribution >= 0.6 is 0 Å². The molecule has 0 aromatic carbocycles. The average Bonchev–Trinajstić information content (AvgIpc) is 2.41. The molecular weight excluding hydrogens is 152 g/mol. The lowest BCUT2D eigenvalue weighted by molar-refractivity contribution is 0.280. The second-order valence-electron chi connectivity index (χ2n) is 2.37. The van der Waals surface area contributed by atoms with Gasteiger partial charge in [0.25, 0.3) is 0 Å². The molecule has 0 amide bonds. The summed E-state index contributed by atoms with van der Waals surface area (Å²) in [5, 5.41) is 17.4. The molecule has 0 bridgehead atoms. The Bertz CT molecular complexity index is 304. The molecule has 0 aromatic heterocycles. The summed E-state index contributed by atoms with van der Waals surface area (Å²) in [5.74, 6) is 0. The third-order valence-corrected chi connectivity index (χ3v) is 1.74. The van der Waals surface area contributed by atoms with Crippen molar-refractivity contribution >= 4 is 0 Å². The van der Waals surface area contributed by atoms with E-state index in [-0.39, 0.29) is 0 Å². The number of rotatable bonds is 1. The standard InChI is InChI=1S/C8H8N4/c1-3-12-6-7(4-9)11(2)8(12)5-10/h3,6,8H,1H2,2H3. The SMILES string of the molecule is C=CN1C=C(C#N)N(C)C1C#N. The molecule has 60 valence electrons. The third-order valence-electron chi connectivity index (χ3n) is 1.74. The highest BCUT2D eigenvalue weighted by Gasteiger charge is 2.27. The van der Waals surface area contributed by atoms with Crippen LogP contribution in [0.15, 0.2) is 24.7 Å². The van der Waals surface area contributed by atoms with Gasteiger partial charge >= 0.3 is 0 Å². The van der Waals surface area contributed by atoms with Crippen molar-refractivity contribution < 1.29 is 0 Å². The van der Waals surface area contributed by atoms with Gasteiger partial charge in [-0.25, -0.2) is 0 Å². The summed E-state index contributed by atoms with van der Waals surface area (Å²) in [7, 11) is 1.70. The van der Waals surface area contributed by atoms with Crippen molar-refractivity contribution in [1.82, 2.24) is 9.80 Å². The highest BCUT2D eigenvalue weighted by atomic mass is 15.4. The number of nitrogens with zero attached hydrogens (tertiary/aromatic N) is 4. The smallest absolute Gasteiger partial charge is 0.195 e. The summed E-state index contributed by atoms with van der Waals surface area (Å²) in [6.45, 7) is 3.54. The van der Waals surface area contributed by atoms with Gasteiger partial charge in [-0.1, -0.05) is 6.58 Å². The zero-order valence-electron chi connectivity index (χ0n) is 6.73. The van der Waals surface area contributed by atoms with E-state index in [1.807, 2.05) is 6.07 Å². The van der Waals surface area contributed by atoms with Crippen molar-refractivity contribution in [2.75, 3.05) is 7.05 Å². The molecule has 0 aromatic rings. The quantitative estimate of drug-likeness (QED) is 0.563. The molecular formula is C8H8N4. The van der Waals surface area contributed by atoms with Gasteiger partial charge in [0.15, 0.2) is 6.17 Å². The Morgan fingerprint density at radius 3 is 2.67 bits per heavy atom. The second-order valence-corrected chi connectivity index (χ2v) is 2.37. The van der Waals surface area contributed by atoms with Crippen LogP contribution in [-0.2, 0) is 0 Å². The molecule has 1 aliphatic heterocycles. The van der Waals surface area contributed by atoms with Crippen molar-refractivity contribution in [3.05, 3.63) is 24.7 Å².